The third-order valence-corrected chi connectivity index (χ3v) is 5.58. The molecular formula is C30H57InO12. The van der Waals surface area contributed by atoms with E-state index in [1.54, 1.807) is 0 Å². The molecule has 0 aliphatic heterocycles. The van der Waals surface area contributed by atoms with Crippen LogP contribution >= 0.6 is 0 Å². The van der Waals surface area contributed by atoms with Gasteiger partial charge in [-0.1, -0.05) is 40.0 Å². The average molecular weight is 725 g/mol. The number of rotatable bonds is 24. The third-order valence-electron chi connectivity index (χ3n) is 5.58. The van der Waals surface area contributed by atoms with Crippen LogP contribution in [-0.4, -0.2) is 101 Å². The summed E-state index contributed by atoms with van der Waals surface area (Å²) in [6.07, 6.45) is 3.54. The van der Waals surface area contributed by atoms with Gasteiger partial charge in [0.2, 0.25) is 0 Å². The quantitative estimate of drug-likeness (QED) is 0.132. The molecule has 12 nitrogen and oxygen atoms in total. The van der Waals surface area contributed by atoms with Crippen molar-refractivity contribution in [2.75, 3.05) is 39.6 Å². The Bertz CT molecular complexity index is 549. The van der Waals surface area contributed by atoms with Crippen molar-refractivity contribution in [1.82, 2.24) is 0 Å². The van der Waals surface area contributed by atoms with Gasteiger partial charge in [-0.05, 0) is 41.5 Å². The fourth-order valence-electron chi connectivity index (χ4n) is 4.51. The molecule has 0 aliphatic rings. The molecule has 0 N–H and O–H groups in total. The number of aliphatic carboxylic acids is 3. The zero-order chi connectivity index (χ0) is 33.1. The van der Waals surface area contributed by atoms with E-state index in [0.29, 0.717) is 58.9 Å². The van der Waals surface area contributed by atoms with Crippen molar-refractivity contribution < 1.29 is 58.1 Å². The van der Waals surface area contributed by atoms with Gasteiger partial charge in [0.25, 0.3) is 0 Å². The first-order valence-electron chi connectivity index (χ1n) is 15.2. The van der Waals surface area contributed by atoms with Crippen molar-refractivity contribution in [3.63, 3.8) is 0 Å². The van der Waals surface area contributed by atoms with Crippen LogP contribution in [0.1, 0.15) is 120 Å². The monoisotopic (exact) mass is 724 g/mol. The van der Waals surface area contributed by atoms with Gasteiger partial charge in [0.05, 0.1) is 0 Å². The maximum Gasteiger partial charge on any atom is 3.00 e. The van der Waals surface area contributed by atoms with Gasteiger partial charge in [-0.15, -0.1) is 0 Å². The predicted molar refractivity (Wildman–Crippen MR) is 157 cm³/mol. The summed E-state index contributed by atoms with van der Waals surface area (Å²) in [5.74, 6) is -6.38. The van der Waals surface area contributed by atoms with Crippen LogP contribution in [0.2, 0.25) is 0 Å². The van der Waals surface area contributed by atoms with Crippen LogP contribution in [0, 0.1) is 0 Å². The van der Waals surface area contributed by atoms with Crippen LogP contribution in [-0.2, 0) is 42.8 Å². The van der Waals surface area contributed by atoms with Crippen LogP contribution in [0.5, 0.6) is 0 Å². The largest absolute Gasteiger partial charge is 3.00 e. The number of hydrogen-bond acceptors (Lipinski definition) is 12. The van der Waals surface area contributed by atoms with Crippen molar-refractivity contribution >= 4 is 43.8 Å². The molecule has 0 aromatic carbocycles. The molecule has 0 amide bonds. The molecule has 13 heteroatoms. The van der Waals surface area contributed by atoms with E-state index in [-0.39, 0.29) is 45.1 Å². The van der Waals surface area contributed by atoms with Crippen LogP contribution in [0.15, 0.2) is 0 Å². The summed E-state index contributed by atoms with van der Waals surface area (Å²) in [4.78, 5) is 31.7. The molecule has 0 atom stereocenters. The van der Waals surface area contributed by atoms with E-state index in [9.17, 15) is 29.7 Å². The first-order chi connectivity index (χ1) is 19.8. The normalized spacial score (nSPS) is 11.4. The number of carboxylic acid groups (broad SMARTS) is 3. The van der Waals surface area contributed by atoms with E-state index in [2.05, 4.69) is 0 Å². The average Bonchev–Trinajstić information content (AvgIpc) is 2.85. The van der Waals surface area contributed by atoms with Crippen LogP contribution in [0.25, 0.3) is 0 Å². The number of hydrogen-bond donors (Lipinski definition) is 0. The Labute approximate surface area is 278 Å². The zero-order valence-electron chi connectivity index (χ0n) is 28.1. The van der Waals surface area contributed by atoms with E-state index in [1.807, 2.05) is 62.3 Å². The molecule has 0 aromatic rings. The Kier molecular flexibility index (Phi) is 33.8. The smallest absolute Gasteiger partial charge is 0.550 e. The molecule has 252 valence electrons. The maximum atomic E-state index is 10.6. The van der Waals surface area contributed by atoms with Gasteiger partial charge >= 0.3 is 25.8 Å². The van der Waals surface area contributed by atoms with Gasteiger partial charge in [-0.2, -0.15) is 0 Å². The minimum Gasteiger partial charge on any atom is -0.550 e. The minimum absolute atomic E-state index is 0. The van der Waals surface area contributed by atoms with Crippen molar-refractivity contribution in [1.29, 1.82) is 0 Å². The predicted octanol–water partition coefficient (Wildman–Crippen LogP) is 1.71. The summed E-state index contributed by atoms with van der Waals surface area (Å²) in [7, 11) is 0. The fraction of sp³-hybridized carbons (Fsp3) is 0.900. The molecule has 0 fully saturated rings. The zero-order valence-corrected chi connectivity index (χ0v) is 31.4. The Morgan fingerprint density at radius 2 is 0.581 bits per heavy atom. The van der Waals surface area contributed by atoms with E-state index >= 15 is 0 Å². The topological polar surface area (TPSA) is 176 Å². The van der Waals surface area contributed by atoms with Gasteiger partial charge < -0.3 is 58.1 Å². The van der Waals surface area contributed by atoms with Gasteiger partial charge in [-0.3, -0.25) is 0 Å². The Hall–Kier alpha value is -0.960. The second-order valence-electron chi connectivity index (χ2n) is 9.23. The minimum atomic E-state index is -1.14. The fourth-order valence-corrected chi connectivity index (χ4v) is 4.51. The summed E-state index contributed by atoms with van der Waals surface area (Å²) in [5, 5.41) is 31.7. The van der Waals surface area contributed by atoms with Gasteiger partial charge in [0.1, 0.15) is 0 Å². The van der Waals surface area contributed by atoms with Gasteiger partial charge in [0, 0.05) is 96.1 Å². The molecule has 0 spiro atoms. The van der Waals surface area contributed by atoms with Crippen LogP contribution in [0.4, 0.5) is 0 Å². The molecule has 43 heavy (non-hydrogen) atoms. The Balaban J connectivity index is -0.000000262. The van der Waals surface area contributed by atoms with Crippen molar-refractivity contribution in [3.05, 3.63) is 0 Å². The molecule has 0 saturated heterocycles. The molecule has 0 unspecified atom stereocenters. The van der Waals surface area contributed by atoms with Gasteiger partial charge in [-0.25, -0.2) is 0 Å². The first kappa shape index (κ1) is 48.9. The van der Waals surface area contributed by atoms with E-state index in [4.69, 9.17) is 28.4 Å². The van der Waals surface area contributed by atoms with E-state index in [1.165, 1.54) is 0 Å². The van der Waals surface area contributed by atoms with Gasteiger partial charge in [0.15, 0.2) is 17.4 Å². The van der Waals surface area contributed by atoms with Crippen molar-refractivity contribution in [2.24, 2.45) is 0 Å². The van der Waals surface area contributed by atoms with E-state index < -0.39 is 35.3 Å². The van der Waals surface area contributed by atoms with Crippen molar-refractivity contribution in [3.8, 4) is 0 Å². The second-order valence-corrected chi connectivity index (χ2v) is 9.23. The Morgan fingerprint density at radius 3 is 0.674 bits per heavy atom. The first-order valence-corrected chi connectivity index (χ1v) is 15.2. The van der Waals surface area contributed by atoms with E-state index in [0.717, 1.165) is 19.3 Å². The molecule has 0 rings (SSSR count). The third kappa shape index (κ3) is 25.0. The molecule has 0 radical (unpaired) electrons. The van der Waals surface area contributed by atoms with Crippen LogP contribution < -0.4 is 15.3 Å². The summed E-state index contributed by atoms with van der Waals surface area (Å²) >= 11 is 0. The molecular weight excluding hydrogens is 667 g/mol. The molecule has 0 bridgehead atoms. The summed E-state index contributed by atoms with van der Waals surface area (Å²) in [6, 6.07) is 0. The van der Waals surface area contributed by atoms with Crippen LogP contribution in [0.3, 0.4) is 0 Å². The number of carboxylic acids is 3. The summed E-state index contributed by atoms with van der Waals surface area (Å²) in [5.41, 5.74) is 0. The maximum absolute atomic E-state index is 10.6. The second kappa shape index (κ2) is 29.7. The SMILES string of the molecule is CCCC(CC(=O)[O-])(OCC)OCC.CCCC(CC(=O)[O-])(OCC)OCC.CCCC(CC(=O)[O-])(OCC)OCC.[In+3]. The summed E-state index contributed by atoms with van der Waals surface area (Å²) < 4.78 is 32.3. The molecule has 0 heterocycles. The number of ether oxygens (including phenoxy) is 6. The molecule has 0 aliphatic carbocycles. The standard InChI is InChI=1S/3C10H20O4.In/c3*1-4-7-10(13-5-2,14-6-3)8-9(11)12;/h3*4-8H2,1-3H3,(H,11,12);/q;;;+3/p-3. The number of carbonyl (C=O) groups excluding carboxylic acids is 3. The number of carbonyl (C=O) groups is 3. The van der Waals surface area contributed by atoms with Crippen molar-refractivity contribution in [2.45, 2.75) is 137 Å². The molecule has 0 aromatic heterocycles. The summed E-state index contributed by atoms with van der Waals surface area (Å²) in [6.45, 7) is 19.4. The molecule has 0 saturated carbocycles. The Morgan fingerprint density at radius 1 is 0.419 bits per heavy atom.